The Labute approximate surface area is 204 Å². The summed E-state index contributed by atoms with van der Waals surface area (Å²) >= 11 is 0. The van der Waals surface area contributed by atoms with Crippen LogP contribution in [-0.2, 0) is 5.60 Å². The minimum absolute atomic E-state index is 0.368. The number of hydroxylamine groups is 2. The molecule has 5 heterocycles. The first-order valence-corrected chi connectivity index (χ1v) is 12.0. The Bertz CT molecular complexity index is 1230. The van der Waals surface area contributed by atoms with Gasteiger partial charge in [0.2, 0.25) is 0 Å². The number of anilines is 1. The number of pyridine rings is 1. The van der Waals surface area contributed by atoms with E-state index >= 15 is 0 Å². The molecule has 1 unspecified atom stereocenters. The highest BCUT2D eigenvalue weighted by molar-refractivity contribution is 5.76. The summed E-state index contributed by atoms with van der Waals surface area (Å²) in [4.78, 5) is 19.1. The van der Waals surface area contributed by atoms with E-state index in [0.29, 0.717) is 49.4 Å². The average molecular weight is 475 g/mol. The van der Waals surface area contributed by atoms with E-state index in [9.17, 15) is 15.6 Å². The number of nitrogens with one attached hydrogen (secondary N) is 2. The van der Waals surface area contributed by atoms with Crippen molar-refractivity contribution >= 4 is 5.82 Å². The molecule has 35 heavy (non-hydrogen) atoms. The molecule has 0 amide bonds. The summed E-state index contributed by atoms with van der Waals surface area (Å²) in [6.45, 7) is 6.35. The molecule has 182 valence electrons. The van der Waals surface area contributed by atoms with E-state index in [1.165, 1.54) is 5.06 Å². The number of hydrogen-bond acceptors (Lipinski definition) is 9. The topological polar surface area (TPSA) is 137 Å². The Kier molecular flexibility index (Phi) is 6.49. The van der Waals surface area contributed by atoms with E-state index in [1.807, 2.05) is 19.1 Å². The SMILES string of the molecule is Cc1c(-c2ccnc(-c3cnc(C4(O)CCCN(O)CC4)nc3)c2)[nH]c(N2CCNCC2)c1C#N. The molecule has 0 aliphatic carbocycles. The molecule has 10 heteroatoms. The highest BCUT2D eigenvalue weighted by Crippen LogP contribution is 2.34. The summed E-state index contributed by atoms with van der Waals surface area (Å²) in [5.41, 5.74) is 3.71. The third-order valence-corrected chi connectivity index (χ3v) is 6.98. The summed E-state index contributed by atoms with van der Waals surface area (Å²) in [5.74, 6) is 1.23. The van der Waals surface area contributed by atoms with Gasteiger partial charge in [-0.1, -0.05) is 0 Å². The van der Waals surface area contributed by atoms with Crippen LogP contribution in [0.3, 0.4) is 0 Å². The van der Waals surface area contributed by atoms with Gasteiger partial charge in [0.1, 0.15) is 17.5 Å². The average Bonchev–Trinajstić information content (AvgIpc) is 3.13. The quantitative estimate of drug-likeness (QED) is 0.448. The van der Waals surface area contributed by atoms with E-state index < -0.39 is 5.60 Å². The van der Waals surface area contributed by atoms with Gasteiger partial charge in [-0.3, -0.25) is 4.98 Å². The zero-order valence-electron chi connectivity index (χ0n) is 19.8. The molecule has 0 saturated carbocycles. The molecular formula is C25H30N8O2. The van der Waals surface area contributed by atoms with Crippen LogP contribution in [0.4, 0.5) is 5.82 Å². The highest BCUT2D eigenvalue weighted by Gasteiger charge is 2.34. The first-order chi connectivity index (χ1) is 17.0. The zero-order chi connectivity index (χ0) is 24.4. The normalized spacial score (nSPS) is 21.5. The molecule has 0 radical (unpaired) electrons. The smallest absolute Gasteiger partial charge is 0.160 e. The number of nitriles is 1. The highest BCUT2D eigenvalue weighted by atomic mass is 16.5. The summed E-state index contributed by atoms with van der Waals surface area (Å²) < 4.78 is 0. The van der Waals surface area contributed by atoms with Gasteiger partial charge in [0.25, 0.3) is 0 Å². The van der Waals surface area contributed by atoms with Crippen molar-refractivity contribution in [3.63, 3.8) is 0 Å². The molecule has 3 aromatic rings. The maximum atomic E-state index is 11.1. The lowest BCUT2D eigenvalue weighted by molar-refractivity contribution is -0.0938. The molecular weight excluding hydrogens is 444 g/mol. The minimum atomic E-state index is -1.15. The lowest BCUT2D eigenvalue weighted by atomic mass is 9.94. The molecule has 0 bridgehead atoms. The van der Waals surface area contributed by atoms with E-state index in [2.05, 4.69) is 36.2 Å². The van der Waals surface area contributed by atoms with Crippen LogP contribution in [0.5, 0.6) is 0 Å². The van der Waals surface area contributed by atoms with Gasteiger partial charge in [0, 0.05) is 69.0 Å². The van der Waals surface area contributed by atoms with Gasteiger partial charge in [-0.05, 0) is 43.9 Å². The molecule has 2 aliphatic rings. The van der Waals surface area contributed by atoms with Crippen molar-refractivity contribution in [2.24, 2.45) is 0 Å². The Balaban J connectivity index is 1.43. The zero-order valence-corrected chi connectivity index (χ0v) is 19.8. The molecule has 0 aromatic carbocycles. The van der Waals surface area contributed by atoms with Crippen LogP contribution in [0.15, 0.2) is 30.7 Å². The Morgan fingerprint density at radius 3 is 2.57 bits per heavy atom. The summed E-state index contributed by atoms with van der Waals surface area (Å²) in [7, 11) is 0. The molecule has 2 saturated heterocycles. The van der Waals surface area contributed by atoms with Crippen molar-refractivity contribution < 1.29 is 10.3 Å². The molecule has 0 spiro atoms. The van der Waals surface area contributed by atoms with Crippen molar-refractivity contribution in [1.82, 2.24) is 30.3 Å². The number of H-pyrrole nitrogens is 1. The van der Waals surface area contributed by atoms with Crippen LogP contribution in [0.1, 0.15) is 36.2 Å². The van der Waals surface area contributed by atoms with E-state index in [1.54, 1.807) is 18.6 Å². The largest absolute Gasteiger partial charge is 0.382 e. The van der Waals surface area contributed by atoms with Crippen LogP contribution in [0.25, 0.3) is 22.5 Å². The van der Waals surface area contributed by atoms with Crippen LogP contribution in [-0.4, -0.2) is 74.6 Å². The fourth-order valence-corrected chi connectivity index (χ4v) is 4.90. The number of aliphatic hydroxyl groups is 1. The number of aromatic amines is 1. The molecule has 10 nitrogen and oxygen atoms in total. The van der Waals surface area contributed by atoms with Gasteiger partial charge >= 0.3 is 0 Å². The maximum absolute atomic E-state index is 11.1. The van der Waals surface area contributed by atoms with Crippen LogP contribution in [0, 0.1) is 18.3 Å². The summed E-state index contributed by atoms with van der Waals surface area (Å²) in [6, 6.07) is 6.26. The second kappa shape index (κ2) is 9.71. The van der Waals surface area contributed by atoms with Gasteiger partial charge in [0.05, 0.1) is 17.0 Å². The van der Waals surface area contributed by atoms with Crippen LogP contribution < -0.4 is 10.2 Å². The standard InChI is InChI=1S/C25H30N8O2/c1-17-20(14-26)23(32-11-7-27-8-12-32)31-22(17)18-3-6-28-21(13-18)19-15-29-24(30-16-19)25(34)4-2-9-33(35)10-5-25/h3,6,13,15-16,27,31,34-35H,2,4-5,7-12H2,1H3. The number of hydrogen-bond donors (Lipinski definition) is 4. The fraction of sp³-hybridized carbons (Fsp3) is 0.440. The van der Waals surface area contributed by atoms with Gasteiger partial charge in [-0.2, -0.15) is 10.3 Å². The molecule has 5 rings (SSSR count). The lowest BCUT2D eigenvalue weighted by Gasteiger charge is -2.28. The van der Waals surface area contributed by atoms with Gasteiger partial charge in [-0.25, -0.2) is 9.97 Å². The Morgan fingerprint density at radius 2 is 1.83 bits per heavy atom. The van der Waals surface area contributed by atoms with Crippen LogP contribution in [0.2, 0.25) is 0 Å². The predicted octanol–water partition coefficient (Wildman–Crippen LogP) is 2.19. The van der Waals surface area contributed by atoms with Crippen LogP contribution >= 0.6 is 0 Å². The monoisotopic (exact) mass is 474 g/mol. The third-order valence-electron chi connectivity index (χ3n) is 6.98. The predicted molar refractivity (Wildman–Crippen MR) is 131 cm³/mol. The van der Waals surface area contributed by atoms with Gasteiger partial charge < -0.3 is 25.5 Å². The number of piperazine rings is 1. The molecule has 1 atom stereocenters. The Hall–Kier alpha value is -3.36. The van der Waals surface area contributed by atoms with E-state index in [0.717, 1.165) is 54.4 Å². The molecule has 4 N–H and O–H groups in total. The van der Waals surface area contributed by atoms with Crippen molar-refractivity contribution in [2.45, 2.75) is 31.8 Å². The molecule has 3 aromatic heterocycles. The fourth-order valence-electron chi connectivity index (χ4n) is 4.90. The molecule has 2 fully saturated rings. The van der Waals surface area contributed by atoms with Crippen molar-refractivity contribution in [3.8, 4) is 28.6 Å². The van der Waals surface area contributed by atoms with Gasteiger partial charge in [0.15, 0.2) is 5.82 Å². The van der Waals surface area contributed by atoms with Crippen molar-refractivity contribution in [2.75, 3.05) is 44.2 Å². The Morgan fingerprint density at radius 1 is 1.06 bits per heavy atom. The summed E-state index contributed by atoms with van der Waals surface area (Å²) in [5, 5.41) is 35.2. The third kappa shape index (κ3) is 4.63. The number of nitrogens with zero attached hydrogens (tertiary/aromatic N) is 6. The number of aromatic nitrogens is 4. The second-order valence-electron chi connectivity index (χ2n) is 9.26. The first kappa shape index (κ1) is 23.4. The van der Waals surface area contributed by atoms with E-state index in [4.69, 9.17) is 0 Å². The van der Waals surface area contributed by atoms with E-state index in [-0.39, 0.29) is 0 Å². The lowest BCUT2D eigenvalue weighted by Crippen LogP contribution is -2.44. The van der Waals surface area contributed by atoms with Gasteiger partial charge in [-0.15, -0.1) is 0 Å². The maximum Gasteiger partial charge on any atom is 0.160 e. The molecule has 2 aliphatic heterocycles. The minimum Gasteiger partial charge on any atom is -0.382 e. The first-order valence-electron chi connectivity index (χ1n) is 12.0. The second-order valence-corrected chi connectivity index (χ2v) is 9.26. The van der Waals surface area contributed by atoms with Crippen molar-refractivity contribution in [1.29, 1.82) is 5.26 Å². The summed E-state index contributed by atoms with van der Waals surface area (Å²) in [6.07, 6.45) is 6.64. The number of rotatable bonds is 4. The van der Waals surface area contributed by atoms with Crippen molar-refractivity contribution in [3.05, 3.63) is 47.7 Å².